The zero-order chi connectivity index (χ0) is 13.7. The first-order valence-electron chi connectivity index (χ1n) is 5.80. The number of aliphatic hydroxyl groups is 1. The van der Waals surface area contributed by atoms with Gasteiger partial charge in [0.15, 0.2) is 6.61 Å². The molecule has 0 aromatic heterocycles. The van der Waals surface area contributed by atoms with E-state index in [0.717, 1.165) is 0 Å². The summed E-state index contributed by atoms with van der Waals surface area (Å²) in [5.74, 6) is -0.402. The Morgan fingerprint density at radius 1 is 1.44 bits per heavy atom. The van der Waals surface area contributed by atoms with Gasteiger partial charge in [-0.2, -0.15) is 0 Å². The van der Waals surface area contributed by atoms with E-state index in [0.29, 0.717) is 11.3 Å². The number of aliphatic hydroxyl groups excluding tert-OH is 1. The summed E-state index contributed by atoms with van der Waals surface area (Å²) in [6, 6.07) is 3.85. The number of carbonyl (C=O) groups excluding carboxylic acids is 1. The van der Waals surface area contributed by atoms with Crippen LogP contribution in [0.5, 0.6) is 5.75 Å². The summed E-state index contributed by atoms with van der Waals surface area (Å²) < 4.78 is 18.3. The van der Waals surface area contributed by atoms with E-state index in [9.17, 15) is 14.3 Å². The number of benzene rings is 1. The molecule has 1 aromatic rings. The molecule has 0 fully saturated rings. The molecule has 0 aliphatic rings. The minimum absolute atomic E-state index is 0.0329. The Morgan fingerprint density at radius 3 is 2.67 bits per heavy atom. The van der Waals surface area contributed by atoms with E-state index in [1.807, 2.05) is 13.8 Å². The lowest BCUT2D eigenvalue weighted by Crippen LogP contribution is -2.34. The molecule has 2 N–H and O–H groups in total. The highest BCUT2D eigenvalue weighted by Gasteiger charge is 2.12. The average molecular weight is 255 g/mol. The van der Waals surface area contributed by atoms with E-state index in [2.05, 4.69) is 5.32 Å². The molecule has 1 rings (SSSR count). The van der Waals surface area contributed by atoms with Crippen LogP contribution in [0.2, 0.25) is 0 Å². The van der Waals surface area contributed by atoms with Crippen molar-refractivity contribution in [1.82, 2.24) is 5.32 Å². The Kier molecular flexibility index (Phi) is 5.09. The van der Waals surface area contributed by atoms with Gasteiger partial charge in [0.25, 0.3) is 5.91 Å². The summed E-state index contributed by atoms with van der Waals surface area (Å²) in [6.45, 7) is 5.04. The van der Waals surface area contributed by atoms with E-state index in [1.54, 1.807) is 0 Å². The summed E-state index contributed by atoms with van der Waals surface area (Å²) >= 11 is 0. The van der Waals surface area contributed by atoms with Gasteiger partial charge in [0, 0.05) is 11.6 Å². The third-order valence-corrected chi connectivity index (χ3v) is 2.23. The predicted octanol–water partition coefficient (Wildman–Crippen LogP) is 1.78. The minimum atomic E-state index is -0.858. The SMILES string of the molecule is CC(C)NC(=O)COc1ccc(F)cc1[C@H](C)O. The second kappa shape index (κ2) is 6.35. The second-order valence-corrected chi connectivity index (χ2v) is 4.37. The third-order valence-electron chi connectivity index (χ3n) is 2.23. The topological polar surface area (TPSA) is 58.6 Å². The van der Waals surface area contributed by atoms with Crippen molar-refractivity contribution >= 4 is 5.91 Å². The normalized spacial score (nSPS) is 12.3. The minimum Gasteiger partial charge on any atom is -0.483 e. The van der Waals surface area contributed by atoms with Crippen LogP contribution in [0.3, 0.4) is 0 Å². The van der Waals surface area contributed by atoms with Gasteiger partial charge >= 0.3 is 0 Å². The van der Waals surface area contributed by atoms with Crippen LogP contribution >= 0.6 is 0 Å². The molecule has 0 saturated carbocycles. The molecule has 1 atom stereocenters. The number of rotatable bonds is 5. The smallest absolute Gasteiger partial charge is 0.258 e. The van der Waals surface area contributed by atoms with E-state index >= 15 is 0 Å². The Labute approximate surface area is 106 Å². The fourth-order valence-electron chi connectivity index (χ4n) is 1.48. The van der Waals surface area contributed by atoms with Crippen molar-refractivity contribution in [2.75, 3.05) is 6.61 Å². The first-order chi connectivity index (χ1) is 8.40. The average Bonchev–Trinajstić information content (AvgIpc) is 2.26. The molecule has 100 valence electrons. The number of hydrogen-bond donors (Lipinski definition) is 2. The molecule has 0 radical (unpaired) electrons. The summed E-state index contributed by atoms with van der Waals surface area (Å²) in [4.78, 5) is 11.4. The van der Waals surface area contributed by atoms with Gasteiger partial charge in [-0.1, -0.05) is 0 Å². The molecule has 1 amide bonds. The highest BCUT2D eigenvalue weighted by molar-refractivity contribution is 5.77. The van der Waals surface area contributed by atoms with Crippen LogP contribution in [0.25, 0.3) is 0 Å². The summed E-state index contributed by atoms with van der Waals surface area (Å²) in [7, 11) is 0. The number of hydrogen-bond acceptors (Lipinski definition) is 3. The maximum Gasteiger partial charge on any atom is 0.258 e. The summed E-state index contributed by atoms with van der Waals surface area (Å²) in [5.41, 5.74) is 0.326. The molecular weight excluding hydrogens is 237 g/mol. The second-order valence-electron chi connectivity index (χ2n) is 4.37. The van der Waals surface area contributed by atoms with Gasteiger partial charge in [0.05, 0.1) is 6.10 Å². The first-order valence-corrected chi connectivity index (χ1v) is 5.80. The Balaban J connectivity index is 2.70. The molecule has 0 unspecified atom stereocenters. The summed E-state index contributed by atoms with van der Waals surface area (Å²) in [6.07, 6.45) is -0.858. The molecule has 0 saturated heterocycles. The molecule has 4 nitrogen and oxygen atoms in total. The van der Waals surface area contributed by atoms with Crippen molar-refractivity contribution in [3.8, 4) is 5.75 Å². The van der Waals surface area contributed by atoms with Crippen LogP contribution in [0.4, 0.5) is 4.39 Å². The lowest BCUT2D eigenvalue weighted by atomic mass is 10.1. The number of halogens is 1. The Hall–Kier alpha value is -1.62. The van der Waals surface area contributed by atoms with Crippen LogP contribution in [0.1, 0.15) is 32.4 Å². The van der Waals surface area contributed by atoms with E-state index in [-0.39, 0.29) is 18.6 Å². The zero-order valence-electron chi connectivity index (χ0n) is 10.7. The Bertz CT molecular complexity index is 419. The van der Waals surface area contributed by atoms with Gasteiger partial charge < -0.3 is 15.2 Å². The van der Waals surface area contributed by atoms with Crippen LogP contribution in [-0.2, 0) is 4.79 Å². The van der Waals surface area contributed by atoms with Crippen LogP contribution in [-0.4, -0.2) is 23.7 Å². The number of carbonyl (C=O) groups is 1. The van der Waals surface area contributed by atoms with Crippen molar-refractivity contribution in [3.05, 3.63) is 29.6 Å². The molecule has 5 heteroatoms. The van der Waals surface area contributed by atoms with Crippen LogP contribution in [0.15, 0.2) is 18.2 Å². The van der Waals surface area contributed by atoms with E-state index in [1.165, 1.54) is 25.1 Å². The molecule has 18 heavy (non-hydrogen) atoms. The van der Waals surface area contributed by atoms with Crippen molar-refractivity contribution in [2.24, 2.45) is 0 Å². The number of amides is 1. The fraction of sp³-hybridized carbons (Fsp3) is 0.462. The van der Waals surface area contributed by atoms with E-state index < -0.39 is 11.9 Å². The van der Waals surface area contributed by atoms with E-state index in [4.69, 9.17) is 4.74 Å². The molecule has 0 heterocycles. The van der Waals surface area contributed by atoms with Gasteiger partial charge in [-0.25, -0.2) is 4.39 Å². The van der Waals surface area contributed by atoms with Crippen molar-refractivity contribution in [3.63, 3.8) is 0 Å². The number of nitrogens with one attached hydrogen (secondary N) is 1. The first kappa shape index (κ1) is 14.4. The van der Waals surface area contributed by atoms with Gasteiger partial charge in [0.2, 0.25) is 0 Å². The molecular formula is C13H18FNO3. The zero-order valence-corrected chi connectivity index (χ0v) is 10.7. The molecule has 0 aliphatic carbocycles. The van der Waals surface area contributed by atoms with Gasteiger partial charge in [-0.05, 0) is 39.0 Å². The Morgan fingerprint density at radius 2 is 2.11 bits per heavy atom. The molecule has 0 spiro atoms. The number of ether oxygens (including phenoxy) is 1. The highest BCUT2D eigenvalue weighted by atomic mass is 19.1. The maximum absolute atomic E-state index is 13.0. The lowest BCUT2D eigenvalue weighted by Gasteiger charge is -2.14. The quantitative estimate of drug-likeness (QED) is 0.843. The third kappa shape index (κ3) is 4.33. The van der Waals surface area contributed by atoms with Gasteiger partial charge in [-0.15, -0.1) is 0 Å². The largest absolute Gasteiger partial charge is 0.483 e. The summed E-state index contributed by atoms with van der Waals surface area (Å²) in [5, 5.41) is 12.2. The van der Waals surface area contributed by atoms with Crippen LogP contribution in [0, 0.1) is 5.82 Å². The highest BCUT2D eigenvalue weighted by Crippen LogP contribution is 2.25. The monoisotopic (exact) mass is 255 g/mol. The predicted molar refractivity (Wildman–Crippen MR) is 65.8 cm³/mol. The van der Waals surface area contributed by atoms with Crippen molar-refractivity contribution < 1.29 is 19.0 Å². The molecule has 0 bridgehead atoms. The molecule has 1 aromatic carbocycles. The van der Waals surface area contributed by atoms with Crippen molar-refractivity contribution in [1.29, 1.82) is 0 Å². The maximum atomic E-state index is 13.0. The fourth-order valence-corrected chi connectivity index (χ4v) is 1.48. The van der Waals surface area contributed by atoms with Gasteiger partial charge in [0.1, 0.15) is 11.6 Å². The van der Waals surface area contributed by atoms with Crippen molar-refractivity contribution in [2.45, 2.75) is 32.9 Å². The molecule has 0 aliphatic heterocycles. The van der Waals surface area contributed by atoms with Gasteiger partial charge in [-0.3, -0.25) is 4.79 Å². The van der Waals surface area contributed by atoms with Crippen LogP contribution < -0.4 is 10.1 Å². The lowest BCUT2D eigenvalue weighted by molar-refractivity contribution is -0.123. The standard InChI is InChI=1S/C13H18FNO3/c1-8(2)15-13(17)7-18-12-5-4-10(14)6-11(12)9(3)16/h4-6,8-9,16H,7H2,1-3H3,(H,15,17)/t9-/m0/s1.